The number of rotatable bonds is 4. The number of fused-ring (bicyclic) bond motifs is 1. The van der Waals surface area contributed by atoms with Crippen LogP contribution in [0.5, 0.6) is 11.5 Å². The predicted molar refractivity (Wildman–Crippen MR) is 97.7 cm³/mol. The van der Waals surface area contributed by atoms with E-state index in [1.165, 1.54) is 12.1 Å². The van der Waals surface area contributed by atoms with Gasteiger partial charge in [-0.15, -0.1) is 0 Å². The van der Waals surface area contributed by atoms with E-state index in [1.807, 2.05) is 19.9 Å². The maximum Gasteiger partial charge on any atom is 0.255 e. The normalized spacial score (nSPS) is 12.3. The third-order valence-electron chi connectivity index (χ3n) is 4.48. The van der Waals surface area contributed by atoms with Gasteiger partial charge in [-0.2, -0.15) is 5.10 Å². The molecule has 0 fully saturated rings. The second-order valence-corrected chi connectivity index (χ2v) is 6.36. The Kier molecular flexibility index (Phi) is 4.27. The zero-order valence-electron chi connectivity index (χ0n) is 15.0. The maximum absolute atomic E-state index is 13.4. The van der Waals surface area contributed by atoms with Crippen molar-refractivity contribution in [3.8, 4) is 11.5 Å². The summed E-state index contributed by atoms with van der Waals surface area (Å²) in [4.78, 5) is 12.6. The Bertz CT molecular complexity index is 1030. The van der Waals surface area contributed by atoms with Gasteiger partial charge in [0.2, 0.25) is 6.79 Å². The molecule has 0 saturated carbocycles. The Balaban J connectivity index is 1.55. The highest BCUT2D eigenvalue weighted by atomic mass is 19.1. The van der Waals surface area contributed by atoms with Crippen LogP contribution < -0.4 is 14.8 Å². The summed E-state index contributed by atoms with van der Waals surface area (Å²) in [7, 11) is 0. The van der Waals surface area contributed by atoms with Crippen molar-refractivity contribution in [2.24, 2.45) is 0 Å². The molecule has 3 aromatic rings. The number of nitrogens with zero attached hydrogens (tertiary/aromatic N) is 2. The molecule has 0 spiro atoms. The molecule has 2 heterocycles. The molecular weight excluding hydrogens is 349 g/mol. The molecule has 1 amide bonds. The summed E-state index contributed by atoms with van der Waals surface area (Å²) in [6, 6.07) is 11.4. The van der Waals surface area contributed by atoms with Crippen LogP contribution in [0.15, 0.2) is 42.5 Å². The second kappa shape index (κ2) is 6.75. The molecule has 7 heteroatoms. The molecule has 0 radical (unpaired) electrons. The van der Waals surface area contributed by atoms with Crippen molar-refractivity contribution in [1.82, 2.24) is 9.78 Å². The minimum absolute atomic E-state index is 0.158. The van der Waals surface area contributed by atoms with Crippen molar-refractivity contribution in [3.05, 3.63) is 70.8 Å². The van der Waals surface area contributed by atoms with E-state index in [0.717, 1.165) is 11.3 Å². The molecule has 0 aliphatic carbocycles. The number of halogens is 1. The lowest BCUT2D eigenvalue weighted by Gasteiger charge is -2.08. The topological polar surface area (TPSA) is 65.4 Å². The van der Waals surface area contributed by atoms with Crippen LogP contribution in [-0.2, 0) is 6.54 Å². The molecule has 0 atom stereocenters. The Morgan fingerprint density at radius 2 is 2.00 bits per heavy atom. The van der Waals surface area contributed by atoms with Gasteiger partial charge in [-0.25, -0.2) is 4.39 Å². The number of anilines is 1. The lowest BCUT2D eigenvalue weighted by atomic mass is 10.2. The minimum Gasteiger partial charge on any atom is -0.454 e. The SMILES string of the molecule is Cc1nn(Cc2cccc(F)c2)c(C)c1NC(=O)c1ccc2c(c1)OCO2. The number of ether oxygens (including phenoxy) is 2. The van der Waals surface area contributed by atoms with Crippen molar-refractivity contribution in [2.75, 3.05) is 12.1 Å². The molecule has 1 aliphatic rings. The van der Waals surface area contributed by atoms with Gasteiger partial charge in [0.05, 0.1) is 23.6 Å². The minimum atomic E-state index is -0.287. The third kappa shape index (κ3) is 3.36. The monoisotopic (exact) mass is 367 g/mol. The van der Waals surface area contributed by atoms with E-state index >= 15 is 0 Å². The van der Waals surface area contributed by atoms with E-state index < -0.39 is 0 Å². The number of amides is 1. The average Bonchev–Trinajstić information content (AvgIpc) is 3.21. The van der Waals surface area contributed by atoms with Gasteiger partial charge >= 0.3 is 0 Å². The summed E-state index contributed by atoms with van der Waals surface area (Å²) in [5.41, 5.74) is 3.41. The van der Waals surface area contributed by atoms with Crippen LogP contribution in [0.2, 0.25) is 0 Å². The lowest BCUT2D eigenvalue weighted by molar-refractivity contribution is 0.102. The number of nitrogens with one attached hydrogen (secondary N) is 1. The van der Waals surface area contributed by atoms with Crippen LogP contribution in [0.1, 0.15) is 27.3 Å². The molecule has 0 bridgehead atoms. The number of hydrogen-bond donors (Lipinski definition) is 1. The standard InChI is InChI=1S/C20H18FN3O3/c1-12-19(13(2)24(23-12)10-14-4-3-5-16(21)8-14)22-20(25)15-6-7-17-18(9-15)27-11-26-17/h3-9H,10-11H2,1-2H3,(H,22,25). The summed E-state index contributed by atoms with van der Waals surface area (Å²) in [6.07, 6.45) is 0. The van der Waals surface area contributed by atoms with E-state index in [0.29, 0.717) is 35.0 Å². The molecule has 1 aromatic heterocycles. The van der Waals surface area contributed by atoms with E-state index in [2.05, 4.69) is 10.4 Å². The Hall–Kier alpha value is -3.35. The Morgan fingerprint density at radius 3 is 2.81 bits per heavy atom. The third-order valence-corrected chi connectivity index (χ3v) is 4.48. The van der Waals surface area contributed by atoms with Crippen LogP contribution >= 0.6 is 0 Å². The molecule has 6 nitrogen and oxygen atoms in total. The number of hydrogen-bond acceptors (Lipinski definition) is 4. The summed E-state index contributed by atoms with van der Waals surface area (Å²) in [5.74, 6) is 0.634. The molecular formula is C20H18FN3O3. The number of aromatic nitrogens is 2. The van der Waals surface area contributed by atoms with Gasteiger partial charge in [0, 0.05) is 5.56 Å². The zero-order valence-corrected chi connectivity index (χ0v) is 15.0. The predicted octanol–water partition coefficient (Wildman–Crippen LogP) is 3.67. The number of benzene rings is 2. The Morgan fingerprint density at radius 1 is 1.19 bits per heavy atom. The van der Waals surface area contributed by atoms with Gasteiger partial charge in [0.15, 0.2) is 11.5 Å². The average molecular weight is 367 g/mol. The van der Waals surface area contributed by atoms with Crippen LogP contribution in [0.4, 0.5) is 10.1 Å². The maximum atomic E-state index is 13.4. The quantitative estimate of drug-likeness (QED) is 0.764. The van der Waals surface area contributed by atoms with E-state index in [-0.39, 0.29) is 18.5 Å². The van der Waals surface area contributed by atoms with Gasteiger partial charge in [-0.1, -0.05) is 12.1 Å². The first-order valence-corrected chi connectivity index (χ1v) is 8.51. The van der Waals surface area contributed by atoms with Crippen LogP contribution in [0.3, 0.4) is 0 Å². The van der Waals surface area contributed by atoms with Crippen LogP contribution in [0.25, 0.3) is 0 Å². The van der Waals surface area contributed by atoms with E-state index in [4.69, 9.17) is 9.47 Å². The second-order valence-electron chi connectivity index (χ2n) is 6.36. The summed E-state index contributed by atoms with van der Waals surface area (Å²) in [6.45, 7) is 4.27. The van der Waals surface area contributed by atoms with Gasteiger partial charge in [0.1, 0.15) is 5.82 Å². The first-order valence-electron chi connectivity index (χ1n) is 8.51. The largest absolute Gasteiger partial charge is 0.454 e. The van der Waals surface area contributed by atoms with Crippen LogP contribution in [-0.4, -0.2) is 22.5 Å². The van der Waals surface area contributed by atoms with Gasteiger partial charge in [-0.3, -0.25) is 9.48 Å². The highest BCUT2D eigenvalue weighted by Crippen LogP contribution is 2.33. The number of carbonyl (C=O) groups excluding carboxylic acids is 1. The van der Waals surface area contributed by atoms with Gasteiger partial charge < -0.3 is 14.8 Å². The van der Waals surface area contributed by atoms with Crippen molar-refractivity contribution in [2.45, 2.75) is 20.4 Å². The molecule has 27 heavy (non-hydrogen) atoms. The smallest absolute Gasteiger partial charge is 0.255 e. The first-order chi connectivity index (χ1) is 13.0. The fraction of sp³-hybridized carbons (Fsp3) is 0.200. The fourth-order valence-corrected chi connectivity index (χ4v) is 3.06. The molecule has 1 N–H and O–H groups in total. The van der Waals surface area contributed by atoms with E-state index in [9.17, 15) is 9.18 Å². The molecule has 1 aliphatic heterocycles. The summed E-state index contributed by atoms with van der Waals surface area (Å²) >= 11 is 0. The highest BCUT2D eigenvalue weighted by Gasteiger charge is 2.19. The lowest BCUT2D eigenvalue weighted by Crippen LogP contribution is -2.13. The number of carbonyl (C=O) groups is 1. The first kappa shape index (κ1) is 17.1. The van der Waals surface area contributed by atoms with Crippen molar-refractivity contribution in [3.63, 3.8) is 0 Å². The van der Waals surface area contributed by atoms with Crippen molar-refractivity contribution < 1.29 is 18.7 Å². The van der Waals surface area contributed by atoms with Gasteiger partial charge in [-0.05, 0) is 49.7 Å². The highest BCUT2D eigenvalue weighted by molar-refractivity contribution is 6.05. The van der Waals surface area contributed by atoms with E-state index in [1.54, 1.807) is 28.9 Å². The molecule has 2 aromatic carbocycles. The summed E-state index contributed by atoms with van der Waals surface area (Å²) < 4.78 is 25.7. The van der Waals surface area contributed by atoms with Crippen molar-refractivity contribution >= 4 is 11.6 Å². The Labute approximate surface area is 155 Å². The van der Waals surface area contributed by atoms with Crippen LogP contribution in [0, 0.1) is 19.7 Å². The molecule has 0 saturated heterocycles. The summed E-state index contributed by atoms with van der Waals surface area (Å²) in [5, 5.41) is 7.39. The number of aryl methyl sites for hydroxylation is 1. The van der Waals surface area contributed by atoms with Gasteiger partial charge in [0.25, 0.3) is 5.91 Å². The zero-order chi connectivity index (χ0) is 19.0. The molecule has 0 unspecified atom stereocenters. The van der Waals surface area contributed by atoms with Crippen molar-refractivity contribution in [1.29, 1.82) is 0 Å². The molecule has 138 valence electrons. The fourth-order valence-electron chi connectivity index (χ4n) is 3.06. The molecule has 4 rings (SSSR count).